The molecule has 2 aromatic carbocycles. The van der Waals surface area contributed by atoms with Gasteiger partial charge in [-0.3, -0.25) is 14.9 Å². The normalized spacial score (nSPS) is 24.2. The van der Waals surface area contributed by atoms with Crippen LogP contribution in [0, 0.1) is 21.8 Å². The number of ether oxygens (including phenoxy) is 1. The molecule has 3 aliphatic rings. The molecule has 1 amide bonds. The summed E-state index contributed by atoms with van der Waals surface area (Å²) in [4.78, 5) is 28.6. The zero-order chi connectivity index (χ0) is 22.9. The summed E-state index contributed by atoms with van der Waals surface area (Å²) in [5.74, 6) is -0.695. The first-order chi connectivity index (χ1) is 16.0. The van der Waals surface area contributed by atoms with E-state index in [0.29, 0.717) is 32.6 Å². The first-order valence-corrected chi connectivity index (χ1v) is 11.4. The maximum atomic E-state index is 13.4. The third kappa shape index (κ3) is 4.37. The Morgan fingerprint density at radius 2 is 2.03 bits per heavy atom. The van der Waals surface area contributed by atoms with Crippen molar-refractivity contribution in [3.8, 4) is 0 Å². The van der Waals surface area contributed by atoms with Crippen molar-refractivity contribution in [1.29, 1.82) is 0 Å². The largest absolute Gasteiger partial charge is 0.376 e. The van der Waals surface area contributed by atoms with Crippen molar-refractivity contribution in [2.45, 2.75) is 31.4 Å². The van der Waals surface area contributed by atoms with Gasteiger partial charge in [0.2, 0.25) is 5.91 Å². The monoisotopic (exact) mass is 454 g/mol. The predicted molar refractivity (Wildman–Crippen MR) is 122 cm³/mol. The molecule has 0 spiro atoms. The van der Waals surface area contributed by atoms with Crippen molar-refractivity contribution < 1.29 is 18.8 Å². The summed E-state index contributed by atoms with van der Waals surface area (Å²) in [6.45, 7) is 3.20. The highest BCUT2D eigenvalue weighted by Crippen LogP contribution is 2.38. The Morgan fingerprint density at radius 1 is 1.21 bits per heavy atom. The fourth-order valence-corrected chi connectivity index (χ4v) is 5.26. The molecule has 0 unspecified atom stereocenters. The Bertz CT molecular complexity index is 1040. The zero-order valence-electron chi connectivity index (χ0n) is 18.3. The number of rotatable bonds is 5. The Balaban J connectivity index is 1.41. The lowest BCUT2D eigenvalue weighted by atomic mass is 9.83. The van der Waals surface area contributed by atoms with E-state index >= 15 is 0 Å². The van der Waals surface area contributed by atoms with E-state index in [1.807, 2.05) is 0 Å². The summed E-state index contributed by atoms with van der Waals surface area (Å²) >= 11 is 0. The number of carbonyl (C=O) groups excluding carboxylic acids is 1. The average molecular weight is 455 g/mol. The van der Waals surface area contributed by atoms with E-state index in [1.165, 1.54) is 18.2 Å². The van der Waals surface area contributed by atoms with Crippen molar-refractivity contribution in [3.63, 3.8) is 0 Å². The number of nitrogens with zero attached hydrogens (tertiary/aromatic N) is 3. The van der Waals surface area contributed by atoms with Gasteiger partial charge in [-0.2, -0.15) is 0 Å². The van der Waals surface area contributed by atoms with E-state index in [4.69, 9.17) is 4.74 Å². The van der Waals surface area contributed by atoms with Gasteiger partial charge in [0.15, 0.2) is 0 Å². The number of nitro benzene ring substituents is 1. The molecule has 5 rings (SSSR count). The number of hydrogen-bond acceptors (Lipinski definition) is 6. The Kier molecular flexibility index (Phi) is 5.88. The molecule has 33 heavy (non-hydrogen) atoms. The number of nitrogens with one attached hydrogen (secondary N) is 1. The van der Waals surface area contributed by atoms with Crippen LogP contribution in [0.3, 0.4) is 0 Å². The summed E-state index contributed by atoms with van der Waals surface area (Å²) in [7, 11) is 0. The number of fused-ring (bicyclic) bond motifs is 3. The molecule has 9 heteroatoms. The minimum absolute atomic E-state index is 0.0376. The molecule has 1 N–H and O–H groups in total. The summed E-state index contributed by atoms with van der Waals surface area (Å²) in [6.07, 6.45) is 2.43. The number of non-ortho nitro benzene ring substituents is 1. The van der Waals surface area contributed by atoms with Gasteiger partial charge in [-0.15, -0.1) is 0 Å². The van der Waals surface area contributed by atoms with Gasteiger partial charge in [0.1, 0.15) is 5.82 Å². The number of carbonyl (C=O) groups is 1. The molecule has 2 fully saturated rings. The van der Waals surface area contributed by atoms with Gasteiger partial charge in [-0.05, 0) is 55.2 Å². The second-order valence-electron chi connectivity index (χ2n) is 8.94. The Labute approximate surface area is 191 Å². The van der Waals surface area contributed by atoms with Crippen LogP contribution in [0.15, 0.2) is 42.5 Å². The van der Waals surface area contributed by atoms with Crippen LogP contribution in [-0.2, 0) is 16.0 Å². The highest BCUT2D eigenvalue weighted by atomic mass is 19.1. The Hall–Kier alpha value is -3.20. The van der Waals surface area contributed by atoms with Gasteiger partial charge >= 0.3 is 0 Å². The molecule has 0 radical (unpaired) electrons. The molecule has 0 bridgehead atoms. The maximum Gasteiger partial charge on any atom is 0.269 e. The Morgan fingerprint density at radius 3 is 2.76 bits per heavy atom. The number of benzene rings is 2. The quantitative estimate of drug-likeness (QED) is 0.552. The lowest BCUT2D eigenvalue weighted by Crippen LogP contribution is -2.61. The SMILES string of the molecule is O=C(NC[C@@H]1CCCO1)[C@H]1Cc2cc([N+](=O)[O-])ccc2N2CCN(c3ccc(F)cc3)C[C@H]12. The highest BCUT2D eigenvalue weighted by molar-refractivity contribution is 5.82. The fraction of sp³-hybridized carbons (Fsp3) is 0.458. The highest BCUT2D eigenvalue weighted by Gasteiger charge is 2.42. The summed E-state index contributed by atoms with van der Waals surface area (Å²) in [5.41, 5.74) is 2.74. The molecule has 8 nitrogen and oxygen atoms in total. The van der Waals surface area contributed by atoms with Crippen LogP contribution in [0.25, 0.3) is 0 Å². The van der Waals surface area contributed by atoms with Crippen molar-refractivity contribution in [2.75, 3.05) is 42.6 Å². The van der Waals surface area contributed by atoms with E-state index in [9.17, 15) is 19.3 Å². The van der Waals surface area contributed by atoms with Crippen LogP contribution >= 0.6 is 0 Å². The minimum Gasteiger partial charge on any atom is -0.376 e. The first kappa shape index (κ1) is 21.6. The average Bonchev–Trinajstić information content (AvgIpc) is 3.35. The third-order valence-electron chi connectivity index (χ3n) is 6.96. The van der Waals surface area contributed by atoms with Crippen molar-refractivity contribution >= 4 is 23.0 Å². The van der Waals surface area contributed by atoms with Gasteiger partial charge in [0.25, 0.3) is 5.69 Å². The zero-order valence-corrected chi connectivity index (χ0v) is 18.3. The summed E-state index contributed by atoms with van der Waals surface area (Å²) in [5, 5.41) is 14.4. The summed E-state index contributed by atoms with van der Waals surface area (Å²) in [6, 6.07) is 11.2. The maximum absolute atomic E-state index is 13.4. The molecule has 174 valence electrons. The van der Waals surface area contributed by atoms with Crippen molar-refractivity contribution in [1.82, 2.24) is 5.32 Å². The van der Waals surface area contributed by atoms with E-state index in [1.54, 1.807) is 24.3 Å². The molecule has 0 aliphatic carbocycles. The molecular weight excluding hydrogens is 427 g/mol. The van der Waals surface area contributed by atoms with Crippen LogP contribution in [0.1, 0.15) is 18.4 Å². The van der Waals surface area contributed by atoms with Gasteiger partial charge in [0.05, 0.1) is 23.0 Å². The number of hydrogen-bond donors (Lipinski definition) is 1. The van der Waals surface area contributed by atoms with Crippen LogP contribution in [0.2, 0.25) is 0 Å². The predicted octanol–water partition coefficient (Wildman–Crippen LogP) is 2.90. The summed E-state index contributed by atoms with van der Waals surface area (Å²) < 4.78 is 19.1. The molecule has 3 aliphatic heterocycles. The number of amides is 1. The molecule has 3 atom stereocenters. The van der Waals surface area contributed by atoms with Crippen molar-refractivity contribution in [3.05, 3.63) is 64.0 Å². The second-order valence-corrected chi connectivity index (χ2v) is 8.94. The van der Waals surface area contributed by atoms with Gasteiger partial charge < -0.3 is 19.9 Å². The lowest BCUT2D eigenvalue weighted by molar-refractivity contribution is -0.384. The van der Waals surface area contributed by atoms with Crippen LogP contribution in [0.5, 0.6) is 0 Å². The first-order valence-electron chi connectivity index (χ1n) is 11.4. The number of anilines is 2. The third-order valence-corrected chi connectivity index (χ3v) is 6.96. The van der Waals surface area contributed by atoms with E-state index in [0.717, 1.165) is 36.4 Å². The van der Waals surface area contributed by atoms with Gasteiger partial charge in [0, 0.05) is 56.3 Å². The molecule has 3 heterocycles. The molecule has 2 saturated heterocycles. The molecule has 0 aromatic heterocycles. The van der Waals surface area contributed by atoms with Gasteiger partial charge in [-0.1, -0.05) is 0 Å². The van der Waals surface area contributed by atoms with E-state index in [-0.39, 0.29) is 35.5 Å². The topological polar surface area (TPSA) is 87.9 Å². The van der Waals surface area contributed by atoms with E-state index in [2.05, 4.69) is 15.1 Å². The lowest BCUT2D eigenvalue weighted by Gasteiger charge is -2.49. The minimum atomic E-state index is -0.397. The number of halogens is 1. The molecular formula is C24H27FN4O4. The smallest absolute Gasteiger partial charge is 0.269 e. The van der Waals surface area contributed by atoms with Gasteiger partial charge in [-0.25, -0.2) is 4.39 Å². The molecule has 2 aromatic rings. The van der Waals surface area contributed by atoms with Crippen LogP contribution < -0.4 is 15.1 Å². The number of nitro groups is 1. The van der Waals surface area contributed by atoms with Crippen LogP contribution in [0.4, 0.5) is 21.5 Å². The fourth-order valence-electron chi connectivity index (χ4n) is 5.26. The standard InChI is InChI=1S/C24H27FN4O4/c25-17-3-5-18(6-4-17)27-9-10-28-22-8-7-19(29(31)32)12-16(22)13-21(23(28)15-27)24(30)26-14-20-2-1-11-33-20/h3-8,12,20-21,23H,1-2,9-11,13-15H2,(H,26,30)/t20-,21-,23+/m0/s1. The number of piperazine rings is 1. The second kappa shape index (κ2) is 8.97. The van der Waals surface area contributed by atoms with Crippen LogP contribution in [-0.4, -0.2) is 55.8 Å². The molecule has 0 saturated carbocycles. The van der Waals surface area contributed by atoms with Crippen molar-refractivity contribution in [2.24, 2.45) is 5.92 Å². The van der Waals surface area contributed by atoms with E-state index < -0.39 is 4.92 Å².